The van der Waals surface area contributed by atoms with E-state index >= 15 is 0 Å². The second-order valence-electron chi connectivity index (χ2n) is 4.89. The second kappa shape index (κ2) is 6.37. The van der Waals surface area contributed by atoms with E-state index in [1.165, 1.54) is 11.3 Å². The molecule has 1 aromatic heterocycles. The molecule has 110 valence electrons. The van der Waals surface area contributed by atoms with Crippen LogP contribution in [0.1, 0.15) is 54.9 Å². The van der Waals surface area contributed by atoms with E-state index in [2.05, 4.69) is 5.32 Å². The van der Waals surface area contributed by atoms with Gasteiger partial charge in [-0.25, -0.2) is 4.79 Å². The number of amides is 1. The van der Waals surface area contributed by atoms with Crippen molar-refractivity contribution in [1.82, 2.24) is 0 Å². The zero-order chi connectivity index (χ0) is 14.7. The van der Waals surface area contributed by atoms with Crippen molar-refractivity contribution in [1.29, 1.82) is 0 Å². The third kappa shape index (κ3) is 3.19. The van der Waals surface area contributed by atoms with Crippen LogP contribution in [0, 0.1) is 0 Å². The Hall–Kier alpha value is -1.40. The summed E-state index contributed by atoms with van der Waals surface area (Å²) in [6.07, 6.45) is 2.73. The number of rotatable bonds is 6. The van der Waals surface area contributed by atoms with Gasteiger partial charge >= 0.3 is 5.97 Å². The minimum atomic E-state index is -0.559. The van der Waals surface area contributed by atoms with Crippen LogP contribution < -0.4 is 11.1 Å². The molecule has 0 spiro atoms. The quantitative estimate of drug-likeness (QED) is 0.790. The van der Waals surface area contributed by atoms with Gasteiger partial charge < -0.3 is 15.8 Å². The zero-order valence-electron chi connectivity index (χ0n) is 11.8. The Morgan fingerprint density at radius 2 is 2.20 bits per heavy atom. The molecular formula is C14H20N2O3S. The first-order valence-corrected chi connectivity index (χ1v) is 7.81. The number of carbonyl (C=O) groups excluding carboxylic acids is 2. The monoisotopic (exact) mass is 296 g/mol. The van der Waals surface area contributed by atoms with Crippen LogP contribution in [0.2, 0.25) is 0 Å². The third-order valence-corrected chi connectivity index (χ3v) is 4.24. The molecule has 0 aliphatic heterocycles. The molecule has 1 aliphatic rings. The largest absolute Gasteiger partial charge is 0.462 e. The number of nitrogens with two attached hydrogens (primary N) is 1. The van der Waals surface area contributed by atoms with Crippen molar-refractivity contribution in [2.45, 2.75) is 45.1 Å². The molecule has 6 heteroatoms. The molecule has 0 aromatic carbocycles. The zero-order valence-corrected chi connectivity index (χ0v) is 12.6. The summed E-state index contributed by atoms with van der Waals surface area (Å²) >= 11 is 1.37. The summed E-state index contributed by atoms with van der Waals surface area (Å²) < 4.78 is 5.10. The Balaban J connectivity index is 2.23. The van der Waals surface area contributed by atoms with Gasteiger partial charge in [-0.3, -0.25) is 4.79 Å². The molecule has 2 rings (SSSR count). The normalized spacial score (nSPS) is 15.8. The molecule has 0 bridgehead atoms. The van der Waals surface area contributed by atoms with Crippen LogP contribution in [0.25, 0.3) is 0 Å². The van der Waals surface area contributed by atoms with Crippen molar-refractivity contribution < 1.29 is 14.3 Å². The van der Waals surface area contributed by atoms with E-state index in [9.17, 15) is 9.59 Å². The Labute approximate surface area is 122 Å². The number of carbonyl (C=O) groups is 2. The number of hydrogen-bond donors (Lipinski definition) is 2. The summed E-state index contributed by atoms with van der Waals surface area (Å²) in [5.74, 6) is -0.200. The van der Waals surface area contributed by atoms with E-state index in [4.69, 9.17) is 10.5 Å². The molecule has 1 aliphatic carbocycles. The molecule has 1 fully saturated rings. The number of hydrogen-bond acceptors (Lipinski definition) is 5. The van der Waals surface area contributed by atoms with E-state index in [0.717, 1.165) is 18.4 Å². The van der Waals surface area contributed by atoms with Gasteiger partial charge in [-0.15, -0.1) is 11.3 Å². The van der Waals surface area contributed by atoms with Crippen LogP contribution in [0.3, 0.4) is 0 Å². The van der Waals surface area contributed by atoms with Gasteiger partial charge in [-0.05, 0) is 43.0 Å². The van der Waals surface area contributed by atoms with E-state index in [0.29, 0.717) is 29.5 Å². The second-order valence-corrected chi connectivity index (χ2v) is 5.77. The molecule has 20 heavy (non-hydrogen) atoms. The van der Waals surface area contributed by atoms with Gasteiger partial charge in [0.2, 0.25) is 5.91 Å². The Morgan fingerprint density at radius 3 is 2.75 bits per heavy atom. The van der Waals surface area contributed by atoms with Crippen molar-refractivity contribution in [3.05, 3.63) is 16.5 Å². The van der Waals surface area contributed by atoms with Crippen LogP contribution in [-0.2, 0) is 9.53 Å². The highest BCUT2D eigenvalue weighted by atomic mass is 32.1. The summed E-state index contributed by atoms with van der Waals surface area (Å²) in [5, 5.41) is 5.25. The highest BCUT2D eigenvalue weighted by Gasteiger charge is 2.32. The van der Waals surface area contributed by atoms with Crippen LogP contribution in [0.4, 0.5) is 5.00 Å². The Morgan fingerprint density at radius 1 is 1.50 bits per heavy atom. The average molecular weight is 296 g/mol. The average Bonchev–Trinajstić information content (AvgIpc) is 3.19. The maximum atomic E-state index is 12.1. The summed E-state index contributed by atoms with van der Waals surface area (Å²) in [5.41, 5.74) is 7.21. The lowest BCUT2D eigenvalue weighted by Gasteiger charge is -2.11. The van der Waals surface area contributed by atoms with Crippen molar-refractivity contribution in [3.8, 4) is 0 Å². The topological polar surface area (TPSA) is 81.4 Å². The lowest BCUT2D eigenvalue weighted by Crippen LogP contribution is -2.35. The number of ether oxygens (including phenoxy) is 1. The SMILES string of the molecule is CCOC(=O)c1c(C2CC2)csc1NC(=O)[C@@H](N)CC. The summed E-state index contributed by atoms with van der Waals surface area (Å²) in [6, 6.07) is -0.559. The molecule has 0 radical (unpaired) electrons. The lowest BCUT2D eigenvalue weighted by atomic mass is 10.1. The summed E-state index contributed by atoms with van der Waals surface area (Å²) in [7, 11) is 0. The summed E-state index contributed by atoms with van der Waals surface area (Å²) in [6.45, 7) is 3.94. The maximum Gasteiger partial charge on any atom is 0.341 e. The van der Waals surface area contributed by atoms with Crippen molar-refractivity contribution in [2.75, 3.05) is 11.9 Å². The number of nitrogens with one attached hydrogen (secondary N) is 1. The fourth-order valence-corrected chi connectivity index (χ4v) is 3.00. The highest BCUT2D eigenvalue weighted by molar-refractivity contribution is 7.15. The first-order chi connectivity index (χ1) is 9.58. The molecule has 1 saturated carbocycles. The molecule has 1 atom stereocenters. The number of anilines is 1. The highest BCUT2D eigenvalue weighted by Crippen LogP contribution is 2.46. The van der Waals surface area contributed by atoms with Crippen molar-refractivity contribution in [3.63, 3.8) is 0 Å². The minimum absolute atomic E-state index is 0.262. The molecule has 3 N–H and O–H groups in total. The third-order valence-electron chi connectivity index (χ3n) is 3.33. The predicted octanol–water partition coefficient (Wildman–Crippen LogP) is 2.48. The molecule has 1 amide bonds. The van der Waals surface area contributed by atoms with Crippen LogP contribution in [0.5, 0.6) is 0 Å². The fourth-order valence-electron chi connectivity index (χ4n) is 1.96. The van der Waals surface area contributed by atoms with Crippen LogP contribution >= 0.6 is 11.3 Å². The van der Waals surface area contributed by atoms with Gasteiger partial charge in [0.05, 0.1) is 18.2 Å². The van der Waals surface area contributed by atoms with E-state index in [1.54, 1.807) is 6.92 Å². The van der Waals surface area contributed by atoms with Gasteiger partial charge in [0.1, 0.15) is 5.00 Å². The van der Waals surface area contributed by atoms with Crippen molar-refractivity contribution in [2.24, 2.45) is 5.73 Å². The van der Waals surface area contributed by atoms with E-state index in [-0.39, 0.29) is 11.9 Å². The minimum Gasteiger partial charge on any atom is -0.462 e. The molecule has 1 aromatic rings. The fraction of sp³-hybridized carbons (Fsp3) is 0.571. The predicted molar refractivity (Wildman–Crippen MR) is 79.1 cm³/mol. The first kappa shape index (κ1) is 15.0. The van der Waals surface area contributed by atoms with E-state index in [1.807, 2.05) is 12.3 Å². The first-order valence-electron chi connectivity index (χ1n) is 6.93. The molecule has 1 heterocycles. The number of thiophene rings is 1. The standard InChI is InChI=1S/C14H20N2O3S/c1-3-10(15)12(17)16-13-11(14(18)19-4-2)9(7-20-13)8-5-6-8/h7-8,10H,3-6,15H2,1-2H3,(H,16,17)/t10-/m0/s1. The number of esters is 1. The van der Waals surface area contributed by atoms with Crippen LogP contribution in [-0.4, -0.2) is 24.5 Å². The van der Waals surface area contributed by atoms with Gasteiger partial charge in [0, 0.05) is 0 Å². The lowest BCUT2D eigenvalue weighted by molar-refractivity contribution is -0.117. The summed E-state index contributed by atoms with van der Waals surface area (Å²) in [4.78, 5) is 24.0. The van der Waals surface area contributed by atoms with Gasteiger partial charge in [0.15, 0.2) is 0 Å². The maximum absolute atomic E-state index is 12.1. The van der Waals surface area contributed by atoms with E-state index < -0.39 is 6.04 Å². The molecule has 0 saturated heterocycles. The molecule has 0 unspecified atom stereocenters. The Kier molecular flexibility index (Phi) is 4.77. The molecule has 5 nitrogen and oxygen atoms in total. The van der Waals surface area contributed by atoms with Crippen LogP contribution in [0.15, 0.2) is 5.38 Å². The van der Waals surface area contributed by atoms with Crippen molar-refractivity contribution >= 4 is 28.2 Å². The Bertz CT molecular complexity index is 509. The molecular weight excluding hydrogens is 276 g/mol. The van der Waals surface area contributed by atoms with Gasteiger partial charge in [-0.1, -0.05) is 6.92 Å². The smallest absolute Gasteiger partial charge is 0.341 e. The van der Waals surface area contributed by atoms with Gasteiger partial charge in [-0.2, -0.15) is 0 Å². The van der Waals surface area contributed by atoms with Gasteiger partial charge in [0.25, 0.3) is 0 Å².